The van der Waals surface area contributed by atoms with Crippen LogP contribution in [0.4, 0.5) is 0 Å². The second-order valence-corrected chi connectivity index (χ2v) is 3.83. The van der Waals surface area contributed by atoms with Gasteiger partial charge in [-0.3, -0.25) is 4.79 Å². The number of aromatic hydroxyl groups is 1. The van der Waals surface area contributed by atoms with E-state index < -0.39 is 24.3 Å². The van der Waals surface area contributed by atoms with E-state index in [1.165, 1.54) is 31.2 Å². The number of Topliss-reactive ketones (excluding diaryl/α,β-unsaturated/α-hetero) is 1. The van der Waals surface area contributed by atoms with Gasteiger partial charge in [0, 0.05) is 5.71 Å². The Balaban J connectivity index is 2.60. The van der Waals surface area contributed by atoms with Crippen LogP contribution < -0.4 is 0 Å². The van der Waals surface area contributed by atoms with Gasteiger partial charge < -0.3 is 15.3 Å². The SMILES string of the molecule is CC(=N)C(C#N)C(=O)COC(=O)c1ccc(O)cc1. The molecule has 0 spiro atoms. The van der Waals surface area contributed by atoms with E-state index in [-0.39, 0.29) is 17.0 Å². The third-order valence-electron chi connectivity index (χ3n) is 2.33. The predicted molar refractivity (Wildman–Crippen MR) is 65.9 cm³/mol. The van der Waals surface area contributed by atoms with Gasteiger partial charge in [-0.15, -0.1) is 0 Å². The van der Waals surface area contributed by atoms with Crippen molar-refractivity contribution in [3.63, 3.8) is 0 Å². The van der Waals surface area contributed by atoms with Crippen LogP contribution in [0.2, 0.25) is 0 Å². The minimum Gasteiger partial charge on any atom is -0.508 e. The zero-order valence-corrected chi connectivity index (χ0v) is 10.2. The second-order valence-electron chi connectivity index (χ2n) is 3.83. The van der Waals surface area contributed by atoms with Crippen LogP contribution in [-0.2, 0) is 9.53 Å². The van der Waals surface area contributed by atoms with Crippen LogP contribution in [0.1, 0.15) is 17.3 Å². The molecule has 1 aromatic carbocycles. The summed E-state index contributed by atoms with van der Waals surface area (Å²) < 4.78 is 4.74. The molecule has 0 bridgehead atoms. The molecular weight excluding hydrogens is 248 g/mol. The van der Waals surface area contributed by atoms with Crippen molar-refractivity contribution in [3.05, 3.63) is 29.8 Å². The summed E-state index contributed by atoms with van der Waals surface area (Å²) in [5.74, 6) is -2.54. The lowest BCUT2D eigenvalue weighted by atomic mass is 10.0. The molecule has 1 rings (SSSR count). The Morgan fingerprint density at radius 2 is 2.00 bits per heavy atom. The number of rotatable bonds is 5. The first kappa shape index (κ1) is 14.4. The van der Waals surface area contributed by atoms with Crippen molar-refractivity contribution < 1.29 is 19.4 Å². The highest BCUT2D eigenvalue weighted by molar-refractivity contribution is 6.06. The molecule has 98 valence electrons. The van der Waals surface area contributed by atoms with E-state index >= 15 is 0 Å². The number of phenolic OH excluding ortho intramolecular Hbond substituents is 1. The van der Waals surface area contributed by atoms with Crippen molar-refractivity contribution in [2.75, 3.05) is 6.61 Å². The molecule has 2 N–H and O–H groups in total. The molecule has 1 unspecified atom stereocenters. The third-order valence-corrected chi connectivity index (χ3v) is 2.33. The molecule has 0 fully saturated rings. The predicted octanol–water partition coefficient (Wildman–Crippen LogP) is 1.30. The van der Waals surface area contributed by atoms with Crippen LogP contribution in [0.25, 0.3) is 0 Å². The first-order valence-electron chi connectivity index (χ1n) is 5.39. The number of ether oxygens (including phenoxy) is 1. The van der Waals surface area contributed by atoms with Gasteiger partial charge in [0.25, 0.3) is 0 Å². The summed E-state index contributed by atoms with van der Waals surface area (Å²) in [4.78, 5) is 23.1. The Labute approximate surface area is 109 Å². The number of nitriles is 1. The fraction of sp³-hybridized carbons (Fsp3) is 0.231. The molecule has 0 radical (unpaired) electrons. The number of nitrogens with zero attached hydrogens (tertiary/aromatic N) is 1. The fourth-order valence-electron chi connectivity index (χ4n) is 1.31. The van der Waals surface area contributed by atoms with Crippen LogP contribution >= 0.6 is 0 Å². The van der Waals surface area contributed by atoms with Crippen LogP contribution in [0, 0.1) is 22.7 Å². The van der Waals surface area contributed by atoms with Gasteiger partial charge in [-0.05, 0) is 31.2 Å². The van der Waals surface area contributed by atoms with Crippen molar-refractivity contribution in [2.45, 2.75) is 6.92 Å². The van der Waals surface area contributed by atoms with Crippen LogP contribution in [0.15, 0.2) is 24.3 Å². The highest BCUT2D eigenvalue weighted by Crippen LogP contribution is 2.10. The molecule has 6 nitrogen and oxygen atoms in total. The van der Waals surface area contributed by atoms with Gasteiger partial charge in [-0.1, -0.05) is 0 Å². The number of benzene rings is 1. The first-order valence-corrected chi connectivity index (χ1v) is 5.39. The molecular formula is C13H12N2O4. The topological polar surface area (TPSA) is 111 Å². The number of hydrogen-bond acceptors (Lipinski definition) is 6. The average molecular weight is 260 g/mol. The fourth-order valence-corrected chi connectivity index (χ4v) is 1.31. The molecule has 19 heavy (non-hydrogen) atoms. The van der Waals surface area contributed by atoms with Crippen molar-refractivity contribution >= 4 is 17.5 Å². The Morgan fingerprint density at radius 3 is 2.47 bits per heavy atom. The lowest BCUT2D eigenvalue weighted by Gasteiger charge is -2.07. The number of esters is 1. The maximum absolute atomic E-state index is 11.5. The van der Waals surface area contributed by atoms with E-state index in [2.05, 4.69) is 0 Å². The molecule has 0 aliphatic rings. The Morgan fingerprint density at radius 1 is 1.42 bits per heavy atom. The quantitative estimate of drug-likeness (QED) is 0.612. The highest BCUT2D eigenvalue weighted by atomic mass is 16.5. The molecule has 1 aromatic rings. The third kappa shape index (κ3) is 3.92. The van der Waals surface area contributed by atoms with Crippen LogP contribution in [0.3, 0.4) is 0 Å². The van der Waals surface area contributed by atoms with Gasteiger partial charge in [0.1, 0.15) is 11.7 Å². The molecule has 0 saturated heterocycles. The second kappa shape index (κ2) is 6.31. The van der Waals surface area contributed by atoms with E-state index in [0.717, 1.165) is 0 Å². The molecule has 0 aromatic heterocycles. The van der Waals surface area contributed by atoms with Gasteiger partial charge in [0.05, 0.1) is 11.6 Å². The Hall–Kier alpha value is -2.68. The van der Waals surface area contributed by atoms with Gasteiger partial charge in [-0.25, -0.2) is 4.79 Å². The normalized spacial score (nSPS) is 11.2. The van der Waals surface area contributed by atoms with Gasteiger partial charge in [0.2, 0.25) is 0 Å². The first-order chi connectivity index (χ1) is 8.95. The van der Waals surface area contributed by atoms with Gasteiger partial charge in [-0.2, -0.15) is 5.26 Å². The average Bonchev–Trinajstić information content (AvgIpc) is 2.37. The Bertz CT molecular complexity index is 543. The maximum atomic E-state index is 11.5. The molecule has 0 amide bonds. The minimum absolute atomic E-state index is 0.0107. The lowest BCUT2D eigenvalue weighted by Crippen LogP contribution is -2.25. The van der Waals surface area contributed by atoms with Crippen molar-refractivity contribution in [1.29, 1.82) is 10.7 Å². The summed E-state index contributed by atoms with van der Waals surface area (Å²) in [6.07, 6.45) is 0. The molecule has 0 saturated carbocycles. The van der Waals surface area contributed by atoms with Crippen molar-refractivity contribution in [3.8, 4) is 11.8 Å². The molecule has 0 aliphatic carbocycles. The summed E-state index contributed by atoms with van der Waals surface area (Å²) >= 11 is 0. The molecule has 6 heteroatoms. The lowest BCUT2D eigenvalue weighted by molar-refractivity contribution is -0.122. The van der Waals surface area contributed by atoms with Crippen molar-refractivity contribution in [1.82, 2.24) is 0 Å². The summed E-state index contributed by atoms with van der Waals surface area (Å²) in [5, 5.41) is 25.0. The van der Waals surface area contributed by atoms with Gasteiger partial charge >= 0.3 is 5.97 Å². The summed E-state index contributed by atoms with van der Waals surface area (Å²) in [6.45, 7) is 0.780. The van der Waals surface area contributed by atoms with Gasteiger partial charge in [0.15, 0.2) is 12.4 Å². The van der Waals surface area contributed by atoms with Crippen molar-refractivity contribution in [2.24, 2.45) is 5.92 Å². The summed E-state index contributed by atoms with van der Waals surface area (Å²) in [6, 6.07) is 7.02. The largest absolute Gasteiger partial charge is 0.508 e. The van der Waals surface area contributed by atoms with E-state index in [1.807, 2.05) is 0 Å². The van der Waals surface area contributed by atoms with E-state index in [9.17, 15) is 9.59 Å². The zero-order valence-electron chi connectivity index (χ0n) is 10.2. The Kier molecular flexibility index (Phi) is 4.77. The number of nitrogens with one attached hydrogen (secondary N) is 1. The number of hydrogen-bond donors (Lipinski definition) is 2. The maximum Gasteiger partial charge on any atom is 0.338 e. The smallest absolute Gasteiger partial charge is 0.338 e. The molecule has 0 aliphatic heterocycles. The van der Waals surface area contributed by atoms with Crippen LogP contribution in [-0.4, -0.2) is 29.2 Å². The molecule has 0 heterocycles. The zero-order chi connectivity index (χ0) is 14.4. The number of ketones is 1. The summed E-state index contributed by atoms with van der Waals surface area (Å²) in [7, 11) is 0. The minimum atomic E-state index is -1.19. The summed E-state index contributed by atoms with van der Waals surface area (Å²) in [5.41, 5.74) is 0.0962. The highest BCUT2D eigenvalue weighted by Gasteiger charge is 2.21. The molecule has 1 atom stereocenters. The standard InChI is InChI=1S/C13H12N2O4/c1-8(15)11(6-14)12(17)7-19-13(18)9-2-4-10(16)5-3-9/h2-5,11,15-16H,7H2,1H3. The van der Waals surface area contributed by atoms with Crippen LogP contribution in [0.5, 0.6) is 5.75 Å². The number of carbonyl (C=O) groups is 2. The van der Waals surface area contributed by atoms with E-state index in [1.54, 1.807) is 6.07 Å². The van der Waals surface area contributed by atoms with E-state index in [4.69, 9.17) is 20.5 Å². The van der Waals surface area contributed by atoms with E-state index in [0.29, 0.717) is 0 Å². The number of carbonyl (C=O) groups excluding carboxylic acids is 2. The monoisotopic (exact) mass is 260 g/mol. The number of phenols is 1.